The van der Waals surface area contributed by atoms with Crippen molar-refractivity contribution in [2.75, 3.05) is 18.4 Å². The van der Waals surface area contributed by atoms with Gasteiger partial charge in [-0.3, -0.25) is 9.69 Å². The summed E-state index contributed by atoms with van der Waals surface area (Å²) >= 11 is 6.03. The van der Waals surface area contributed by atoms with Crippen molar-refractivity contribution in [1.82, 2.24) is 10.2 Å². The molecule has 1 fully saturated rings. The molecule has 0 aromatic heterocycles. The van der Waals surface area contributed by atoms with Gasteiger partial charge < -0.3 is 10.6 Å². The first kappa shape index (κ1) is 24.8. The van der Waals surface area contributed by atoms with E-state index in [1.807, 2.05) is 24.3 Å². The third-order valence-corrected chi connectivity index (χ3v) is 7.86. The topological polar surface area (TPSA) is 44.4 Å². The third-order valence-electron chi connectivity index (χ3n) is 7.57. The van der Waals surface area contributed by atoms with E-state index in [9.17, 15) is 9.18 Å². The average molecular weight is 506 g/mol. The molecule has 2 heterocycles. The highest BCUT2D eigenvalue weighted by atomic mass is 35.5. The molecular formula is C30H33ClFN3O. The Balaban J connectivity index is 1.22. The second-order valence-electron chi connectivity index (χ2n) is 10.7. The number of hydrogen-bond donors (Lipinski definition) is 2. The highest BCUT2D eigenvalue weighted by molar-refractivity contribution is 6.30. The average Bonchev–Trinajstić information content (AvgIpc) is 2.87. The molecule has 0 radical (unpaired) electrons. The van der Waals surface area contributed by atoms with E-state index in [-0.39, 0.29) is 28.4 Å². The minimum absolute atomic E-state index is 0.0115. The van der Waals surface area contributed by atoms with Crippen LogP contribution in [-0.4, -0.2) is 29.9 Å². The lowest BCUT2D eigenvalue weighted by atomic mass is 9.73. The summed E-state index contributed by atoms with van der Waals surface area (Å²) < 4.78 is 13.7. The molecule has 2 aliphatic rings. The van der Waals surface area contributed by atoms with Crippen molar-refractivity contribution >= 4 is 23.2 Å². The Morgan fingerprint density at radius 3 is 2.56 bits per heavy atom. The Morgan fingerprint density at radius 2 is 1.83 bits per heavy atom. The van der Waals surface area contributed by atoms with E-state index in [1.165, 1.54) is 11.6 Å². The van der Waals surface area contributed by atoms with E-state index in [1.54, 1.807) is 12.1 Å². The lowest BCUT2D eigenvalue weighted by Gasteiger charge is -2.39. The number of likely N-dealkylation sites (tertiary alicyclic amines) is 1. The summed E-state index contributed by atoms with van der Waals surface area (Å²) in [5.74, 6) is -0.420. The maximum Gasteiger partial charge on any atom is 0.251 e. The Hall–Kier alpha value is -2.89. The number of carbonyl (C=O) groups is 1. The van der Waals surface area contributed by atoms with Crippen LogP contribution in [0.25, 0.3) is 0 Å². The molecule has 1 atom stereocenters. The number of nitrogens with zero attached hydrogens (tertiary/aromatic N) is 1. The fourth-order valence-electron chi connectivity index (χ4n) is 5.51. The van der Waals surface area contributed by atoms with Gasteiger partial charge >= 0.3 is 0 Å². The molecule has 0 saturated carbocycles. The molecule has 2 aliphatic heterocycles. The van der Waals surface area contributed by atoms with Gasteiger partial charge in [-0.25, -0.2) is 4.39 Å². The fourth-order valence-corrected chi connectivity index (χ4v) is 5.70. The van der Waals surface area contributed by atoms with Crippen molar-refractivity contribution in [2.45, 2.75) is 57.2 Å². The van der Waals surface area contributed by atoms with Crippen molar-refractivity contribution in [3.8, 4) is 0 Å². The number of piperidine rings is 1. The van der Waals surface area contributed by atoms with Crippen LogP contribution < -0.4 is 10.6 Å². The molecule has 3 aromatic carbocycles. The van der Waals surface area contributed by atoms with Crippen molar-refractivity contribution in [3.05, 3.63) is 99.8 Å². The summed E-state index contributed by atoms with van der Waals surface area (Å²) in [5.41, 5.74) is 4.94. The molecule has 2 N–H and O–H groups in total. The second kappa shape index (κ2) is 10.2. The van der Waals surface area contributed by atoms with Crippen LogP contribution in [0.15, 0.2) is 66.7 Å². The molecule has 3 aromatic rings. The number of hydrogen-bond acceptors (Lipinski definition) is 3. The zero-order chi connectivity index (χ0) is 25.3. The molecule has 4 nitrogen and oxygen atoms in total. The highest BCUT2D eigenvalue weighted by Crippen LogP contribution is 2.44. The summed E-state index contributed by atoms with van der Waals surface area (Å²) in [4.78, 5) is 15.6. The number of fused-ring (bicyclic) bond motifs is 1. The smallest absolute Gasteiger partial charge is 0.251 e. The maximum absolute atomic E-state index is 13.7. The van der Waals surface area contributed by atoms with Gasteiger partial charge in [-0.15, -0.1) is 0 Å². The molecule has 0 aliphatic carbocycles. The summed E-state index contributed by atoms with van der Waals surface area (Å²) in [5, 5.41) is 6.97. The van der Waals surface area contributed by atoms with Gasteiger partial charge in [0.1, 0.15) is 5.82 Å². The van der Waals surface area contributed by atoms with Crippen molar-refractivity contribution in [2.24, 2.45) is 0 Å². The van der Waals surface area contributed by atoms with Crippen molar-refractivity contribution in [3.63, 3.8) is 0 Å². The van der Waals surface area contributed by atoms with E-state index in [0.29, 0.717) is 5.56 Å². The Bertz CT molecular complexity index is 1240. The summed E-state index contributed by atoms with van der Waals surface area (Å²) in [6, 6.07) is 21.6. The van der Waals surface area contributed by atoms with Gasteiger partial charge in [-0.1, -0.05) is 61.8 Å². The molecule has 36 heavy (non-hydrogen) atoms. The summed E-state index contributed by atoms with van der Waals surface area (Å²) in [6.45, 7) is 7.30. The Labute approximate surface area is 217 Å². The number of carbonyl (C=O) groups excluding carboxylic acids is 1. The number of nitrogens with one attached hydrogen (secondary N) is 2. The highest BCUT2D eigenvalue weighted by Gasteiger charge is 2.34. The normalized spacial score (nSPS) is 19.8. The summed E-state index contributed by atoms with van der Waals surface area (Å²) in [7, 11) is 0. The van der Waals surface area contributed by atoms with Gasteiger partial charge in [-0.2, -0.15) is 0 Å². The number of rotatable bonds is 5. The van der Waals surface area contributed by atoms with Crippen LogP contribution in [0.4, 0.5) is 10.1 Å². The fraction of sp³-hybridized carbons (Fsp3) is 0.367. The monoisotopic (exact) mass is 505 g/mol. The van der Waals surface area contributed by atoms with Crippen LogP contribution in [0, 0.1) is 5.82 Å². The number of amides is 1. The molecule has 1 amide bonds. The SMILES string of the molecule is CC1(C)CC(c2ccc(F)c(Cl)c2)Nc2ccc(C(=O)NC3CCN(Cc4ccccc4)CC3)cc21. The number of halogens is 2. The van der Waals surface area contributed by atoms with E-state index < -0.39 is 5.82 Å². The molecule has 1 unspecified atom stereocenters. The Kier molecular flexibility index (Phi) is 7.05. The quantitative estimate of drug-likeness (QED) is 0.405. The van der Waals surface area contributed by atoms with Crippen LogP contribution >= 0.6 is 11.6 Å². The molecule has 5 rings (SSSR count). The van der Waals surface area contributed by atoms with E-state index >= 15 is 0 Å². The van der Waals surface area contributed by atoms with Crippen LogP contribution in [0.2, 0.25) is 5.02 Å². The second-order valence-corrected chi connectivity index (χ2v) is 11.1. The molecule has 188 valence electrons. The van der Waals surface area contributed by atoms with Crippen LogP contribution in [0.3, 0.4) is 0 Å². The molecule has 1 saturated heterocycles. The standard InChI is InChI=1S/C30H33ClFN3O/c1-30(2)18-28(21-8-10-26(32)25(31)17-21)34-27-11-9-22(16-24(27)30)29(36)33-23-12-14-35(15-13-23)19-20-6-4-3-5-7-20/h3-11,16-17,23,28,34H,12-15,18-19H2,1-2H3,(H,33,36). The minimum atomic E-state index is -0.409. The van der Waals surface area contributed by atoms with Crippen LogP contribution in [0.5, 0.6) is 0 Å². The zero-order valence-corrected chi connectivity index (χ0v) is 21.6. The number of benzene rings is 3. The lowest BCUT2D eigenvalue weighted by Crippen LogP contribution is -2.44. The van der Waals surface area contributed by atoms with Gasteiger partial charge in [0.05, 0.1) is 11.1 Å². The predicted octanol–water partition coefficient (Wildman–Crippen LogP) is 6.71. The first-order chi connectivity index (χ1) is 17.3. The van der Waals surface area contributed by atoms with Crippen molar-refractivity contribution < 1.29 is 9.18 Å². The first-order valence-corrected chi connectivity index (χ1v) is 13.1. The zero-order valence-electron chi connectivity index (χ0n) is 20.9. The van der Waals surface area contributed by atoms with Gasteiger partial charge in [0.15, 0.2) is 0 Å². The molecule has 0 spiro atoms. The van der Waals surface area contributed by atoms with E-state index in [4.69, 9.17) is 11.6 Å². The van der Waals surface area contributed by atoms with Gasteiger partial charge in [0, 0.05) is 36.9 Å². The minimum Gasteiger partial charge on any atom is -0.378 e. The lowest BCUT2D eigenvalue weighted by molar-refractivity contribution is 0.0908. The summed E-state index contributed by atoms with van der Waals surface area (Å²) in [6.07, 6.45) is 2.73. The maximum atomic E-state index is 13.7. The van der Waals surface area contributed by atoms with E-state index in [2.05, 4.69) is 53.6 Å². The van der Waals surface area contributed by atoms with Crippen LogP contribution in [0.1, 0.15) is 66.2 Å². The largest absolute Gasteiger partial charge is 0.378 e. The third kappa shape index (κ3) is 5.42. The molecule has 0 bridgehead atoms. The first-order valence-electron chi connectivity index (χ1n) is 12.7. The Morgan fingerprint density at radius 1 is 1.08 bits per heavy atom. The van der Waals surface area contributed by atoms with E-state index in [0.717, 1.165) is 55.7 Å². The van der Waals surface area contributed by atoms with Gasteiger partial charge in [-0.05, 0) is 71.7 Å². The van der Waals surface area contributed by atoms with Gasteiger partial charge in [0.25, 0.3) is 5.91 Å². The molecular weight excluding hydrogens is 473 g/mol. The van der Waals surface area contributed by atoms with Crippen molar-refractivity contribution in [1.29, 1.82) is 0 Å². The predicted molar refractivity (Wildman–Crippen MR) is 144 cm³/mol. The number of anilines is 1. The van der Waals surface area contributed by atoms with Gasteiger partial charge in [0.2, 0.25) is 0 Å². The molecule has 6 heteroatoms. The van der Waals surface area contributed by atoms with Crippen LogP contribution in [-0.2, 0) is 12.0 Å².